The van der Waals surface area contributed by atoms with Gasteiger partial charge in [-0.15, -0.1) is 0 Å². The van der Waals surface area contributed by atoms with Crippen molar-refractivity contribution in [1.29, 1.82) is 0 Å². The minimum atomic E-state index is -0.465. The van der Waals surface area contributed by atoms with Crippen LogP contribution in [0.1, 0.15) is 59.8 Å². The number of aryl methyl sites for hydroxylation is 1. The molecule has 0 saturated heterocycles. The maximum Gasteiger partial charge on any atom is 0.268 e. The molecule has 0 unspecified atom stereocenters. The number of aromatic amines is 1. The van der Waals surface area contributed by atoms with Crippen LogP contribution >= 0.6 is 0 Å². The molecule has 4 N–H and O–H groups in total. The van der Waals surface area contributed by atoms with Crippen molar-refractivity contribution < 1.29 is 9.59 Å². The molecule has 0 aliphatic rings. The smallest absolute Gasteiger partial charge is 0.268 e. The molecule has 5 heteroatoms. The molecule has 0 fully saturated rings. The van der Waals surface area contributed by atoms with Gasteiger partial charge < -0.3 is 16.0 Å². The number of hydrogen-bond acceptors (Lipinski definition) is 3. The summed E-state index contributed by atoms with van der Waals surface area (Å²) in [4.78, 5) is 26.8. The van der Waals surface area contributed by atoms with Crippen molar-refractivity contribution in [2.24, 2.45) is 5.73 Å². The molecule has 5 nitrogen and oxygen atoms in total. The van der Waals surface area contributed by atoms with Crippen molar-refractivity contribution in [2.75, 3.05) is 6.54 Å². The number of Topliss-reactive ketones (excluding diaryl/α,β-unsaturated/α-hetero) is 1. The van der Waals surface area contributed by atoms with E-state index in [1.165, 1.54) is 6.92 Å². The molecule has 0 bridgehead atoms. The fourth-order valence-electron chi connectivity index (χ4n) is 2.10. The highest BCUT2D eigenvalue weighted by atomic mass is 16.2. The molecule has 0 aromatic carbocycles. The van der Waals surface area contributed by atoms with Crippen molar-refractivity contribution >= 4 is 11.7 Å². The third kappa shape index (κ3) is 3.67. The average Bonchev–Trinajstić information content (AvgIpc) is 2.61. The van der Waals surface area contributed by atoms with Crippen LogP contribution in [0, 0.1) is 6.92 Å². The van der Waals surface area contributed by atoms with E-state index in [1.807, 2.05) is 20.8 Å². The third-order valence-corrected chi connectivity index (χ3v) is 2.93. The molecule has 0 radical (unpaired) electrons. The van der Waals surface area contributed by atoms with Crippen LogP contribution in [0.3, 0.4) is 0 Å². The van der Waals surface area contributed by atoms with Gasteiger partial charge in [0, 0.05) is 23.3 Å². The van der Waals surface area contributed by atoms with E-state index in [2.05, 4.69) is 10.3 Å². The van der Waals surface area contributed by atoms with Gasteiger partial charge in [-0.1, -0.05) is 6.92 Å². The third-order valence-electron chi connectivity index (χ3n) is 2.93. The van der Waals surface area contributed by atoms with Crippen molar-refractivity contribution in [3.63, 3.8) is 0 Å². The first kappa shape index (κ1) is 15.4. The van der Waals surface area contributed by atoms with Gasteiger partial charge in [-0.3, -0.25) is 9.59 Å². The first-order valence-corrected chi connectivity index (χ1v) is 6.46. The highest BCUT2D eigenvalue weighted by molar-refractivity contribution is 6.02. The maximum absolute atomic E-state index is 12.2. The van der Waals surface area contributed by atoms with Crippen molar-refractivity contribution in [2.45, 2.75) is 46.6 Å². The van der Waals surface area contributed by atoms with E-state index in [0.717, 1.165) is 11.3 Å². The molecular weight excluding hydrogens is 242 g/mol. The summed E-state index contributed by atoms with van der Waals surface area (Å²) in [5.74, 6) is -0.241. The number of carbonyl (C=O) groups excluding carboxylic acids is 2. The number of carbonyl (C=O) groups is 2. The molecule has 1 amide bonds. The number of nitrogens with two attached hydrogens (primary N) is 1. The second kappa shape index (κ2) is 5.57. The number of ketones is 1. The number of hydrogen-bond donors (Lipinski definition) is 3. The normalized spacial score (nSPS) is 11.5. The summed E-state index contributed by atoms with van der Waals surface area (Å²) in [7, 11) is 0. The molecular formula is C14H23N3O2. The lowest BCUT2D eigenvalue weighted by Gasteiger charge is -2.18. The van der Waals surface area contributed by atoms with E-state index in [4.69, 9.17) is 5.73 Å². The number of nitrogens with one attached hydrogen (secondary N) is 2. The van der Waals surface area contributed by atoms with Gasteiger partial charge in [0.15, 0.2) is 5.78 Å². The van der Waals surface area contributed by atoms with Crippen molar-refractivity contribution in [1.82, 2.24) is 10.3 Å². The number of aromatic nitrogens is 1. The van der Waals surface area contributed by atoms with Gasteiger partial charge in [0.25, 0.3) is 5.91 Å². The van der Waals surface area contributed by atoms with Crippen LogP contribution in [-0.2, 0) is 6.42 Å². The van der Waals surface area contributed by atoms with Crippen LogP contribution < -0.4 is 11.1 Å². The summed E-state index contributed by atoms with van der Waals surface area (Å²) < 4.78 is 0. The van der Waals surface area contributed by atoms with Crippen molar-refractivity contribution in [3.05, 3.63) is 22.5 Å². The van der Waals surface area contributed by atoms with Gasteiger partial charge in [-0.2, -0.15) is 0 Å². The second-order valence-electron chi connectivity index (χ2n) is 5.56. The highest BCUT2D eigenvalue weighted by Gasteiger charge is 2.22. The molecule has 0 aliphatic carbocycles. The second-order valence-corrected chi connectivity index (χ2v) is 5.56. The van der Waals surface area contributed by atoms with E-state index in [9.17, 15) is 9.59 Å². The Labute approximate surface area is 114 Å². The van der Waals surface area contributed by atoms with Crippen LogP contribution in [0.25, 0.3) is 0 Å². The van der Waals surface area contributed by atoms with E-state index >= 15 is 0 Å². The summed E-state index contributed by atoms with van der Waals surface area (Å²) in [5, 5.41) is 2.79. The Bertz CT molecular complexity index is 496. The molecule has 19 heavy (non-hydrogen) atoms. The SMILES string of the molecule is CCc1c(C(=O)NCC(C)(C)N)[nH]c(C)c1C(C)=O. The van der Waals surface area contributed by atoms with Crippen LogP contribution in [-0.4, -0.2) is 28.8 Å². The molecule has 0 saturated carbocycles. The van der Waals surface area contributed by atoms with Gasteiger partial charge in [0.1, 0.15) is 5.69 Å². The predicted molar refractivity (Wildman–Crippen MR) is 75.5 cm³/mol. The molecule has 106 valence electrons. The molecule has 1 aromatic rings. The summed E-state index contributed by atoms with van der Waals surface area (Å²) in [6, 6.07) is 0. The topological polar surface area (TPSA) is 88.0 Å². The summed E-state index contributed by atoms with van der Waals surface area (Å²) in [6.07, 6.45) is 0.633. The minimum absolute atomic E-state index is 0.0243. The first-order valence-electron chi connectivity index (χ1n) is 6.46. The van der Waals surface area contributed by atoms with E-state index in [1.54, 1.807) is 6.92 Å². The Morgan fingerprint density at radius 2 is 1.95 bits per heavy atom. The molecule has 0 atom stereocenters. The Balaban J connectivity index is 3.04. The van der Waals surface area contributed by atoms with Gasteiger partial charge in [-0.05, 0) is 39.7 Å². The monoisotopic (exact) mass is 265 g/mol. The summed E-state index contributed by atoms with van der Waals surface area (Å²) in [6.45, 7) is 9.31. The van der Waals surface area contributed by atoms with Gasteiger partial charge in [-0.25, -0.2) is 0 Å². The Morgan fingerprint density at radius 3 is 2.37 bits per heavy atom. The fraction of sp³-hybridized carbons (Fsp3) is 0.571. The number of rotatable bonds is 5. The fourth-order valence-corrected chi connectivity index (χ4v) is 2.10. The first-order chi connectivity index (χ1) is 8.67. The lowest BCUT2D eigenvalue weighted by atomic mass is 10.0. The summed E-state index contributed by atoms with van der Waals surface area (Å²) in [5.41, 5.74) is 7.98. The van der Waals surface area contributed by atoms with Crippen LogP contribution in [0.4, 0.5) is 0 Å². The lowest BCUT2D eigenvalue weighted by molar-refractivity contribution is 0.0940. The number of amides is 1. The van der Waals surface area contributed by atoms with Crippen LogP contribution in [0.15, 0.2) is 0 Å². The Morgan fingerprint density at radius 1 is 1.37 bits per heavy atom. The maximum atomic E-state index is 12.2. The van der Waals surface area contributed by atoms with Crippen LogP contribution in [0.2, 0.25) is 0 Å². The van der Waals surface area contributed by atoms with E-state index in [0.29, 0.717) is 24.2 Å². The molecule has 1 aromatic heterocycles. The number of H-pyrrole nitrogens is 1. The predicted octanol–water partition coefficient (Wildman–Crippen LogP) is 1.56. The Kier molecular flexibility index (Phi) is 4.52. The van der Waals surface area contributed by atoms with Gasteiger partial charge in [0.05, 0.1) is 0 Å². The Hall–Kier alpha value is -1.62. The molecule has 0 spiro atoms. The minimum Gasteiger partial charge on any atom is -0.354 e. The zero-order valence-corrected chi connectivity index (χ0v) is 12.3. The summed E-state index contributed by atoms with van der Waals surface area (Å²) >= 11 is 0. The van der Waals surface area contributed by atoms with Gasteiger partial charge >= 0.3 is 0 Å². The zero-order valence-electron chi connectivity index (χ0n) is 12.3. The average molecular weight is 265 g/mol. The highest BCUT2D eigenvalue weighted by Crippen LogP contribution is 2.20. The van der Waals surface area contributed by atoms with E-state index in [-0.39, 0.29) is 11.7 Å². The molecule has 1 rings (SSSR count). The van der Waals surface area contributed by atoms with Crippen molar-refractivity contribution in [3.8, 4) is 0 Å². The molecule has 0 aliphatic heterocycles. The van der Waals surface area contributed by atoms with E-state index < -0.39 is 5.54 Å². The van der Waals surface area contributed by atoms with Gasteiger partial charge in [0.2, 0.25) is 0 Å². The largest absolute Gasteiger partial charge is 0.354 e. The lowest BCUT2D eigenvalue weighted by Crippen LogP contribution is -2.45. The molecule has 1 heterocycles. The quantitative estimate of drug-likeness (QED) is 0.706. The zero-order chi connectivity index (χ0) is 14.8. The standard InChI is InChI=1S/C14H23N3O2/c1-6-10-11(9(3)18)8(2)17-12(10)13(19)16-7-14(4,5)15/h17H,6-7,15H2,1-5H3,(H,16,19). The van der Waals surface area contributed by atoms with Crippen LogP contribution in [0.5, 0.6) is 0 Å².